The normalized spacial score (nSPS) is 19.4. The molecule has 1 spiro atoms. The molecule has 0 bridgehead atoms. The maximum absolute atomic E-state index is 12.7. The summed E-state index contributed by atoms with van der Waals surface area (Å²) in [6.07, 6.45) is 4.44. The van der Waals surface area contributed by atoms with Crippen molar-refractivity contribution in [3.8, 4) is 6.07 Å². The third-order valence-electron chi connectivity index (χ3n) is 4.63. The zero-order chi connectivity index (χ0) is 17.3. The highest BCUT2D eigenvalue weighted by atomic mass is 16.6. The van der Waals surface area contributed by atoms with Gasteiger partial charge in [0.2, 0.25) is 0 Å². The summed E-state index contributed by atoms with van der Waals surface area (Å²) >= 11 is 0. The zero-order valence-electron chi connectivity index (χ0n) is 13.0. The van der Waals surface area contributed by atoms with Crippen LogP contribution in [0.15, 0.2) is 35.7 Å². The Kier molecular flexibility index (Phi) is 3.95. The molecule has 1 fully saturated rings. The third kappa shape index (κ3) is 2.49. The lowest BCUT2D eigenvalue weighted by molar-refractivity contribution is -0.384. The van der Waals surface area contributed by atoms with Crippen LogP contribution in [0.25, 0.3) is 0 Å². The van der Waals surface area contributed by atoms with Gasteiger partial charge in [0, 0.05) is 17.7 Å². The summed E-state index contributed by atoms with van der Waals surface area (Å²) < 4.78 is 0. The molecule has 1 amide bonds. The second kappa shape index (κ2) is 5.94. The molecule has 8 heteroatoms. The predicted octanol–water partition coefficient (Wildman–Crippen LogP) is 1.95. The van der Waals surface area contributed by atoms with Crippen molar-refractivity contribution < 1.29 is 9.72 Å². The molecule has 3 rings (SSSR count). The Labute approximate surface area is 138 Å². The summed E-state index contributed by atoms with van der Waals surface area (Å²) in [4.78, 5) is 23.1. The summed E-state index contributed by atoms with van der Waals surface area (Å²) in [5.41, 5.74) is 8.88. The van der Waals surface area contributed by atoms with Gasteiger partial charge in [0.05, 0.1) is 16.0 Å². The van der Waals surface area contributed by atoms with E-state index in [1.165, 1.54) is 24.3 Å². The van der Waals surface area contributed by atoms with Gasteiger partial charge in [-0.15, -0.1) is 0 Å². The molecule has 1 heterocycles. The van der Waals surface area contributed by atoms with E-state index >= 15 is 0 Å². The van der Waals surface area contributed by atoms with E-state index in [0.717, 1.165) is 37.1 Å². The number of carbonyl (C=O) groups is 1. The second-order valence-corrected chi connectivity index (χ2v) is 6.07. The van der Waals surface area contributed by atoms with Gasteiger partial charge in [-0.3, -0.25) is 14.9 Å². The van der Waals surface area contributed by atoms with Gasteiger partial charge in [0.15, 0.2) is 0 Å². The number of hydrogen-bond donors (Lipinski definition) is 2. The molecule has 1 aromatic rings. The molecule has 8 nitrogen and oxygen atoms in total. The smallest absolute Gasteiger partial charge is 0.274 e. The average molecular weight is 327 g/mol. The Morgan fingerprint density at radius 3 is 2.71 bits per heavy atom. The minimum Gasteiger partial charge on any atom is -0.383 e. The lowest BCUT2D eigenvalue weighted by Crippen LogP contribution is -2.51. The zero-order valence-corrected chi connectivity index (χ0v) is 13.0. The van der Waals surface area contributed by atoms with E-state index in [4.69, 9.17) is 5.73 Å². The Morgan fingerprint density at radius 1 is 1.38 bits per heavy atom. The molecule has 0 unspecified atom stereocenters. The van der Waals surface area contributed by atoms with Crippen molar-refractivity contribution in [3.05, 3.63) is 51.3 Å². The lowest BCUT2D eigenvalue weighted by atomic mass is 9.78. The lowest BCUT2D eigenvalue weighted by Gasteiger charge is -2.34. The minimum atomic E-state index is -0.604. The van der Waals surface area contributed by atoms with Gasteiger partial charge in [-0.1, -0.05) is 25.3 Å². The van der Waals surface area contributed by atoms with Crippen LogP contribution in [0.5, 0.6) is 0 Å². The number of nitro benzene ring substituents is 1. The number of nitro groups is 1. The molecular formula is C16H17N5O3. The van der Waals surface area contributed by atoms with Crippen LogP contribution in [0, 0.1) is 21.4 Å². The summed E-state index contributed by atoms with van der Waals surface area (Å²) in [6.45, 7) is 0. The first-order chi connectivity index (χ1) is 11.5. The number of carbonyl (C=O) groups excluding carboxylic acids is 1. The summed E-state index contributed by atoms with van der Waals surface area (Å²) in [5, 5.41) is 21.5. The minimum absolute atomic E-state index is 0.0795. The van der Waals surface area contributed by atoms with Crippen LogP contribution in [0.2, 0.25) is 0 Å². The molecule has 0 atom stereocenters. The highest BCUT2D eigenvalue weighted by molar-refractivity contribution is 5.96. The number of rotatable bonds is 2. The van der Waals surface area contributed by atoms with E-state index in [1.54, 1.807) is 0 Å². The topological polar surface area (TPSA) is 125 Å². The van der Waals surface area contributed by atoms with Crippen LogP contribution in [0.1, 0.15) is 42.5 Å². The van der Waals surface area contributed by atoms with Crippen molar-refractivity contribution in [1.29, 1.82) is 5.26 Å². The highest BCUT2D eigenvalue weighted by Gasteiger charge is 2.46. The molecule has 1 saturated carbocycles. The van der Waals surface area contributed by atoms with Crippen molar-refractivity contribution in [1.82, 2.24) is 10.4 Å². The van der Waals surface area contributed by atoms with Gasteiger partial charge in [-0.2, -0.15) is 5.26 Å². The molecule has 3 N–H and O–H groups in total. The van der Waals surface area contributed by atoms with Crippen LogP contribution < -0.4 is 11.2 Å². The molecule has 2 aliphatic rings. The predicted molar refractivity (Wildman–Crippen MR) is 85.0 cm³/mol. The number of nitrogens with one attached hydrogen (secondary N) is 1. The molecule has 124 valence electrons. The molecule has 24 heavy (non-hydrogen) atoms. The Morgan fingerprint density at radius 2 is 2.08 bits per heavy atom. The highest BCUT2D eigenvalue weighted by Crippen LogP contribution is 2.39. The molecule has 0 radical (unpaired) electrons. The van der Waals surface area contributed by atoms with Gasteiger partial charge in [-0.25, -0.2) is 10.4 Å². The first-order valence-electron chi connectivity index (χ1n) is 7.75. The van der Waals surface area contributed by atoms with Crippen LogP contribution >= 0.6 is 0 Å². The Hall–Kier alpha value is -2.92. The molecule has 1 aliphatic carbocycles. The maximum atomic E-state index is 12.7. The standard InChI is InChI=1S/C16H17N5O3/c17-10-13-14(18)20(19-16(13)7-2-1-3-8-16)15(22)11-5-4-6-12(9-11)21(23)24/h4-6,9,19H,1-3,7-8,18H2. The van der Waals surface area contributed by atoms with E-state index in [1.807, 2.05) is 0 Å². The van der Waals surface area contributed by atoms with E-state index in [0.29, 0.717) is 5.57 Å². The fourth-order valence-corrected chi connectivity index (χ4v) is 3.41. The fraction of sp³-hybridized carbons (Fsp3) is 0.375. The van der Waals surface area contributed by atoms with Crippen LogP contribution in [-0.2, 0) is 0 Å². The van der Waals surface area contributed by atoms with E-state index < -0.39 is 16.4 Å². The monoisotopic (exact) mass is 327 g/mol. The first kappa shape index (κ1) is 16.0. The van der Waals surface area contributed by atoms with Crippen LogP contribution in [0.4, 0.5) is 5.69 Å². The maximum Gasteiger partial charge on any atom is 0.274 e. The van der Waals surface area contributed by atoms with Crippen molar-refractivity contribution in [3.63, 3.8) is 0 Å². The number of amides is 1. The largest absolute Gasteiger partial charge is 0.383 e. The van der Waals surface area contributed by atoms with Crippen molar-refractivity contribution >= 4 is 11.6 Å². The number of hydrogen-bond acceptors (Lipinski definition) is 6. The van der Waals surface area contributed by atoms with E-state index in [2.05, 4.69) is 11.5 Å². The van der Waals surface area contributed by atoms with Crippen molar-refractivity contribution in [2.24, 2.45) is 5.73 Å². The van der Waals surface area contributed by atoms with Crippen molar-refractivity contribution in [2.45, 2.75) is 37.6 Å². The molecule has 0 aromatic heterocycles. The first-order valence-corrected chi connectivity index (χ1v) is 7.75. The number of nitriles is 1. The van der Waals surface area contributed by atoms with Gasteiger partial charge >= 0.3 is 0 Å². The quantitative estimate of drug-likeness (QED) is 0.631. The van der Waals surface area contributed by atoms with Crippen molar-refractivity contribution in [2.75, 3.05) is 0 Å². The van der Waals surface area contributed by atoms with Gasteiger partial charge in [0.25, 0.3) is 11.6 Å². The fourth-order valence-electron chi connectivity index (χ4n) is 3.41. The second-order valence-electron chi connectivity index (χ2n) is 6.07. The summed E-state index contributed by atoms with van der Waals surface area (Å²) in [7, 11) is 0. The summed E-state index contributed by atoms with van der Waals surface area (Å²) in [5.74, 6) is -0.428. The third-order valence-corrected chi connectivity index (χ3v) is 4.63. The van der Waals surface area contributed by atoms with E-state index in [-0.39, 0.29) is 17.1 Å². The Bertz CT molecular complexity index is 774. The number of non-ortho nitro benzene ring substituents is 1. The number of hydrazine groups is 1. The average Bonchev–Trinajstić information content (AvgIpc) is 2.86. The van der Waals surface area contributed by atoms with Crippen LogP contribution in [0.3, 0.4) is 0 Å². The van der Waals surface area contributed by atoms with Gasteiger partial charge < -0.3 is 5.73 Å². The SMILES string of the molecule is N#CC1=C(N)N(C(=O)c2cccc([N+](=O)[O-])c2)NC12CCCCC2. The molecule has 1 aliphatic heterocycles. The van der Waals surface area contributed by atoms with Gasteiger partial charge in [0.1, 0.15) is 11.9 Å². The molecule has 1 aromatic carbocycles. The van der Waals surface area contributed by atoms with E-state index in [9.17, 15) is 20.2 Å². The number of nitrogens with two attached hydrogens (primary N) is 1. The van der Waals surface area contributed by atoms with Crippen LogP contribution in [-0.4, -0.2) is 21.4 Å². The number of nitrogens with zero attached hydrogens (tertiary/aromatic N) is 3. The molecular weight excluding hydrogens is 310 g/mol. The number of benzene rings is 1. The Balaban J connectivity index is 1.94. The van der Waals surface area contributed by atoms with Gasteiger partial charge in [-0.05, 0) is 18.9 Å². The summed E-state index contributed by atoms with van der Waals surface area (Å²) in [6, 6.07) is 7.59. The molecule has 0 saturated heterocycles.